The zero-order chi connectivity index (χ0) is 20.8. The van der Waals surface area contributed by atoms with E-state index in [2.05, 4.69) is 38.3 Å². The monoisotopic (exact) mass is 380 g/mol. The lowest BCUT2D eigenvalue weighted by Gasteiger charge is -2.20. The second kappa shape index (κ2) is 9.31. The maximum Gasteiger partial charge on any atom is 0.233 e. The molecule has 0 fully saturated rings. The van der Waals surface area contributed by atoms with E-state index in [1.165, 1.54) is 6.92 Å². The minimum atomic E-state index is -0.425. The first-order chi connectivity index (χ1) is 13.2. The molecular weight excluding hydrogens is 352 g/mol. The molecule has 0 bridgehead atoms. The van der Waals surface area contributed by atoms with Gasteiger partial charge in [-0.1, -0.05) is 58.0 Å². The van der Waals surface area contributed by atoms with Gasteiger partial charge >= 0.3 is 0 Å². The molecule has 2 amide bonds. The van der Waals surface area contributed by atoms with E-state index in [1.807, 2.05) is 18.2 Å². The summed E-state index contributed by atoms with van der Waals surface area (Å²) >= 11 is 0. The molecule has 2 aromatic rings. The summed E-state index contributed by atoms with van der Waals surface area (Å²) in [5.41, 5.74) is 3.90. The molecule has 0 unspecified atom stereocenters. The van der Waals surface area contributed by atoms with Crippen LogP contribution in [-0.2, 0) is 9.59 Å². The molecule has 28 heavy (non-hydrogen) atoms. The predicted octanol–water partition coefficient (Wildman–Crippen LogP) is 5.10. The van der Waals surface area contributed by atoms with Gasteiger partial charge in [-0.05, 0) is 42.0 Å². The Balaban J connectivity index is 2.11. The van der Waals surface area contributed by atoms with E-state index in [1.54, 1.807) is 24.3 Å². The lowest BCUT2D eigenvalue weighted by Crippen LogP contribution is -2.23. The SMILES string of the molecule is CC(=O)c1cccc(NC(=O)CC(=O)Nc2c(C(C)C)cccc2C(C)C)c1. The highest BCUT2D eigenvalue weighted by molar-refractivity contribution is 6.08. The molecule has 0 radical (unpaired) electrons. The van der Waals surface area contributed by atoms with Crippen LogP contribution in [-0.4, -0.2) is 17.6 Å². The van der Waals surface area contributed by atoms with Gasteiger partial charge in [-0.25, -0.2) is 0 Å². The van der Waals surface area contributed by atoms with Crippen molar-refractivity contribution in [2.45, 2.75) is 52.9 Å². The van der Waals surface area contributed by atoms with Crippen molar-refractivity contribution in [2.24, 2.45) is 0 Å². The summed E-state index contributed by atoms with van der Waals surface area (Å²) in [6, 6.07) is 12.7. The summed E-state index contributed by atoms with van der Waals surface area (Å²) < 4.78 is 0. The van der Waals surface area contributed by atoms with Crippen molar-refractivity contribution < 1.29 is 14.4 Å². The number of carbonyl (C=O) groups excluding carboxylic acids is 3. The Labute approximate surface area is 166 Å². The van der Waals surface area contributed by atoms with Crippen LogP contribution >= 0.6 is 0 Å². The second-order valence-corrected chi connectivity index (χ2v) is 7.53. The van der Waals surface area contributed by atoms with Crippen molar-refractivity contribution >= 4 is 29.0 Å². The van der Waals surface area contributed by atoms with E-state index < -0.39 is 5.91 Å². The highest BCUT2D eigenvalue weighted by Gasteiger charge is 2.17. The Hall–Kier alpha value is -2.95. The molecule has 2 rings (SSSR count). The van der Waals surface area contributed by atoms with Gasteiger partial charge < -0.3 is 10.6 Å². The second-order valence-electron chi connectivity index (χ2n) is 7.53. The van der Waals surface area contributed by atoms with Crippen LogP contribution in [0.25, 0.3) is 0 Å². The third kappa shape index (κ3) is 5.52. The van der Waals surface area contributed by atoms with Crippen LogP contribution in [0.1, 0.15) is 74.4 Å². The van der Waals surface area contributed by atoms with Crippen molar-refractivity contribution in [3.63, 3.8) is 0 Å². The van der Waals surface area contributed by atoms with Crippen LogP contribution in [0.5, 0.6) is 0 Å². The molecule has 0 heterocycles. The highest BCUT2D eigenvalue weighted by atomic mass is 16.2. The van der Waals surface area contributed by atoms with Crippen molar-refractivity contribution in [3.8, 4) is 0 Å². The summed E-state index contributed by atoms with van der Waals surface area (Å²) in [6.07, 6.45) is -0.297. The molecule has 0 aliphatic heterocycles. The highest BCUT2D eigenvalue weighted by Crippen LogP contribution is 2.32. The maximum atomic E-state index is 12.5. The maximum absolute atomic E-state index is 12.5. The number of hydrogen-bond acceptors (Lipinski definition) is 3. The van der Waals surface area contributed by atoms with Gasteiger partial charge in [0.25, 0.3) is 0 Å². The zero-order valence-electron chi connectivity index (χ0n) is 17.1. The lowest BCUT2D eigenvalue weighted by atomic mass is 9.92. The van der Waals surface area contributed by atoms with Gasteiger partial charge in [-0.3, -0.25) is 14.4 Å². The van der Waals surface area contributed by atoms with Crippen LogP contribution in [0.4, 0.5) is 11.4 Å². The normalized spacial score (nSPS) is 10.8. The van der Waals surface area contributed by atoms with E-state index in [4.69, 9.17) is 0 Å². The number of carbonyl (C=O) groups is 3. The number of hydrogen-bond donors (Lipinski definition) is 2. The smallest absolute Gasteiger partial charge is 0.233 e. The fourth-order valence-corrected chi connectivity index (χ4v) is 3.05. The Morgan fingerprint density at radius 2 is 1.36 bits per heavy atom. The van der Waals surface area contributed by atoms with E-state index in [9.17, 15) is 14.4 Å². The van der Waals surface area contributed by atoms with Gasteiger partial charge in [0.1, 0.15) is 6.42 Å². The molecule has 0 spiro atoms. The van der Waals surface area contributed by atoms with E-state index in [0.29, 0.717) is 11.3 Å². The molecule has 0 atom stereocenters. The summed E-state index contributed by atoms with van der Waals surface area (Å²) in [5, 5.41) is 5.61. The molecular formula is C23H28N2O3. The third-order valence-corrected chi connectivity index (χ3v) is 4.51. The number of anilines is 2. The van der Waals surface area contributed by atoms with Crippen LogP contribution in [0, 0.1) is 0 Å². The first-order valence-corrected chi connectivity index (χ1v) is 9.52. The van der Waals surface area contributed by atoms with Gasteiger partial charge in [0.05, 0.1) is 0 Å². The fraction of sp³-hybridized carbons (Fsp3) is 0.348. The van der Waals surface area contributed by atoms with Gasteiger partial charge in [0, 0.05) is 16.9 Å². The van der Waals surface area contributed by atoms with Gasteiger partial charge in [-0.15, -0.1) is 0 Å². The molecule has 0 aliphatic rings. The standard InChI is InChI=1S/C23H28N2O3/c1-14(2)19-10-7-11-20(15(3)4)23(19)25-22(28)13-21(27)24-18-9-6-8-17(12-18)16(5)26/h6-12,14-15H,13H2,1-5H3,(H,24,27)(H,25,28). The molecule has 0 saturated heterocycles. The van der Waals surface area contributed by atoms with Crippen LogP contribution in [0.15, 0.2) is 42.5 Å². The van der Waals surface area contributed by atoms with Crippen molar-refractivity contribution in [3.05, 3.63) is 59.2 Å². The van der Waals surface area contributed by atoms with Crippen molar-refractivity contribution in [1.82, 2.24) is 0 Å². The van der Waals surface area contributed by atoms with E-state index >= 15 is 0 Å². The summed E-state index contributed by atoms with van der Waals surface area (Å²) in [5.74, 6) is -0.379. The first kappa shape index (κ1) is 21.4. The predicted molar refractivity (Wildman–Crippen MR) is 113 cm³/mol. The Morgan fingerprint density at radius 1 is 0.821 bits per heavy atom. The molecule has 2 N–H and O–H groups in total. The van der Waals surface area contributed by atoms with Crippen LogP contribution < -0.4 is 10.6 Å². The number of para-hydroxylation sites is 1. The molecule has 0 saturated carbocycles. The van der Waals surface area contributed by atoms with Gasteiger partial charge in [0.15, 0.2) is 5.78 Å². The molecule has 0 aliphatic carbocycles. The fourth-order valence-electron chi connectivity index (χ4n) is 3.05. The number of rotatable bonds is 7. The average molecular weight is 380 g/mol. The Bertz CT molecular complexity index is 859. The summed E-state index contributed by atoms with van der Waals surface area (Å²) in [7, 11) is 0. The quantitative estimate of drug-likeness (QED) is 0.518. The molecule has 5 heteroatoms. The minimum Gasteiger partial charge on any atom is -0.326 e. The first-order valence-electron chi connectivity index (χ1n) is 9.52. The molecule has 2 aromatic carbocycles. The molecule has 5 nitrogen and oxygen atoms in total. The minimum absolute atomic E-state index is 0.0830. The Morgan fingerprint density at radius 3 is 1.89 bits per heavy atom. The van der Waals surface area contributed by atoms with E-state index in [-0.39, 0.29) is 29.9 Å². The van der Waals surface area contributed by atoms with E-state index in [0.717, 1.165) is 16.8 Å². The van der Waals surface area contributed by atoms with Crippen LogP contribution in [0.3, 0.4) is 0 Å². The number of nitrogens with one attached hydrogen (secondary N) is 2. The van der Waals surface area contributed by atoms with Crippen molar-refractivity contribution in [2.75, 3.05) is 10.6 Å². The average Bonchev–Trinajstić information content (AvgIpc) is 2.61. The molecule has 148 valence electrons. The number of ketones is 1. The number of amides is 2. The summed E-state index contributed by atoms with van der Waals surface area (Å²) in [4.78, 5) is 36.2. The van der Waals surface area contributed by atoms with Crippen molar-refractivity contribution in [1.29, 1.82) is 0 Å². The van der Waals surface area contributed by atoms with Crippen LogP contribution in [0.2, 0.25) is 0 Å². The van der Waals surface area contributed by atoms with Gasteiger partial charge in [0.2, 0.25) is 11.8 Å². The zero-order valence-corrected chi connectivity index (χ0v) is 17.1. The number of Topliss-reactive ketones (excluding diaryl/α,β-unsaturated/α-hetero) is 1. The third-order valence-electron chi connectivity index (χ3n) is 4.51. The van der Waals surface area contributed by atoms with Gasteiger partial charge in [-0.2, -0.15) is 0 Å². The lowest BCUT2D eigenvalue weighted by molar-refractivity contribution is -0.123. The summed E-state index contributed by atoms with van der Waals surface area (Å²) in [6.45, 7) is 9.76. The Kier molecular flexibility index (Phi) is 7.10. The largest absolute Gasteiger partial charge is 0.326 e. The number of benzene rings is 2. The topological polar surface area (TPSA) is 75.3 Å². The molecule has 0 aromatic heterocycles.